The summed E-state index contributed by atoms with van der Waals surface area (Å²) in [6, 6.07) is 15.3. The predicted molar refractivity (Wildman–Crippen MR) is 90.3 cm³/mol. The molecule has 0 bridgehead atoms. The summed E-state index contributed by atoms with van der Waals surface area (Å²) in [6.07, 6.45) is 2.03. The quantitative estimate of drug-likeness (QED) is 0.912. The summed E-state index contributed by atoms with van der Waals surface area (Å²) in [6.45, 7) is 2.47. The fraction of sp³-hybridized carbons (Fsp3) is 0.316. The van der Waals surface area contributed by atoms with Crippen molar-refractivity contribution in [1.82, 2.24) is 5.32 Å². The highest BCUT2D eigenvalue weighted by Crippen LogP contribution is 2.30. The number of carbonyl (C=O) groups is 1. The lowest BCUT2D eigenvalue weighted by Crippen LogP contribution is -2.40. The van der Waals surface area contributed by atoms with Crippen LogP contribution in [0.15, 0.2) is 48.5 Å². The lowest BCUT2D eigenvalue weighted by Gasteiger charge is -2.24. The van der Waals surface area contributed by atoms with Gasteiger partial charge in [-0.25, -0.2) is 0 Å². The van der Waals surface area contributed by atoms with Crippen LogP contribution in [0.4, 0.5) is 0 Å². The number of rotatable bonds is 4. The first-order chi connectivity index (χ1) is 11.1. The Morgan fingerprint density at radius 3 is 2.70 bits per heavy atom. The van der Waals surface area contributed by atoms with Crippen molar-refractivity contribution >= 4 is 5.91 Å². The maximum atomic E-state index is 12.1. The topological polar surface area (TPSA) is 64.4 Å². The third-order valence-electron chi connectivity index (χ3n) is 4.10. The van der Waals surface area contributed by atoms with Crippen LogP contribution in [0, 0.1) is 0 Å². The molecule has 0 saturated heterocycles. The van der Waals surface area contributed by atoms with Gasteiger partial charge in [0, 0.05) is 0 Å². The van der Waals surface area contributed by atoms with Crippen molar-refractivity contribution in [2.75, 3.05) is 6.61 Å². The molecule has 0 aliphatic carbocycles. The van der Waals surface area contributed by atoms with Gasteiger partial charge in [0.1, 0.15) is 5.75 Å². The second-order valence-electron chi connectivity index (χ2n) is 5.96. The van der Waals surface area contributed by atoms with Crippen molar-refractivity contribution in [3.8, 4) is 5.75 Å². The van der Waals surface area contributed by atoms with E-state index in [1.165, 1.54) is 5.56 Å². The lowest BCUT2D eigenvalue weighted by molar-refractivity contribution is -0.122. The molecule has 1 aliphatic rings. The van der Waals surface area contributed by atoms with E-state index in [0.29, 0.717) is 0 Å². The Bertz CT molecular complexity index is 683. The number of ether oxygens (including phenoxy) is 1. The van der Waals surface area contributed by atoms with Gasteiger partial charge in [-0.15, -0.1) is 0 Å². The molecular formula is C19H22N2O2. The van der Waals surface area contributed by atoms with Crippen LogP contribution in [0.3, 0.4) is 0 Å². The van der Waals surface area contributed by atoms with Crippen LogP contribution in [-0.4, -0.2) is 18.6 Å². The largest absolute Gasteiger partial charge is 0.493 e. The molecule has 2 aromatic carbocycles. The van der Waals surface area contributed by atoms with Crippen molar-refractivity contribution in [2.45, 2.75) is 31.8 Å². The van der Waals surface area contributed by atoms with Gasteiger partial charge in [0.2, 0.25) is 5.91 Å². The predicted octanol–water partition coefficient (Wildman–Crippen LogP) is 2.56. The number of aryl methyl sites for hydroxylation is 1. The molecule has 0 saturated carbocycles. The summed E-state index contributed by atoms with van der Waals surface area (Å²) < 4.78 is 5.68. The second-order valence-corrected chi connectivity index (χ2v) is 5.96. The lowest BCUT2D eigenvalue weighted by atomic mass is 9.94. The molecule has 1 amide bonds. The number of fused-ring (bicyclic) bond motifs is 1. The van der Waals surface area contributed by atoms with E-state index in [9.17, 15) is 4.79 Å². The molecular weight excluding hydrogens is 288 g/mol. The van der Waals surface area contributed by atoms with Gasteiger partial charge in [-0.05, 0) is 48.6 Å². The molecule has 1 aliphatic heterocycles. The number of nitrogens with two attached hydrogens (primary N) is 1. The number of hydrogen-bond donors (Lipinski definition) is 2. The van der Waals surface area contributed by atoms with Gasteiger partial charge in [0.25, 0.3) is 0 Å². The van der Waals surface area contributed by atoms with E-state index in [1.54, 1.807) is 6.92 Å². The van der Waals surface area contributed by atoms with Gasteiger partial charge in [-0.2, -0.15) is 0 Å². The minimum absolute atomic E-state index is 0.159. The standard InChI is InChI=1S/C19H22N2O2/c1-13(20)19(22)21-18(14-6-3-2-4-7-14)16-9-10-17-15(12-16)8-5-11-23-17/h2-4,6-7,9-10,12-13,18H,5,8,11,20H2,1H3,(H,21,22)/t13-,18?/m0/s1. The number of amides is 1. The van der Waals surface area contributed by atoms with Gasteiger partial charge >= 0.3 is 0 Å². The van der Waals surface area contributed by atoms with Crippen LogP contribution in [0.25, 0.3) is 0 Å². The molecule has 2 atom stereocenters. The Hall–Kier alpha value is -2.33. The molecule has 120 valence electrons. The van der Waals surface area contributed by atoms with Crippen molar-refractivity contribution in [1.29, 1.82) is 0 Å². The highest BCUT2D eigenvalue weighted by Gasteiger charge is 2.20. The average Bonchev–Trinajstić information content (AvgIpc) is 2.59. The highest BCUT2D eigenvalue weighted by molar-refractivity contribution is 5.81. The van der Waals surface area contributed by atoms with Gasteiger partial charge < -0.3 is 15.8 Å². The summed E-state index contributed by atoms with van der Waals surface area (Å²) in [5.74, 6) is 0.790. The van der Waals surface area contributed by atoms with Crippen molar-refractivity contribution in [2.24, 2.45) is 5.73 Å². The number of benzene rings is 2. The first-order valence-electron chi connectivity index (χ1n) is 8.01. The molecule has 23 heavy (non-hydrogen) atoms. The fourth-order valence-electron chi connectivity index (χ4n) is 2.84. The molecule has 3 N–H and O–H groups in total. The molecule has 0 aromatic heterocycles. The maximum Gasteiger partial charge on any atom is 0.237 e. The van der Waals surface area contributed by atoms with Crippen molar-refractivity contribution in [3.05, 3.63) is 65.2 Å². The minimum Gasteiger partial charge on any atom is -0.493 e. The molecule has 2 aromatic rings. The summed E-state index contributed by atoms with van der Waals surface area (Å²) in [4.78, 5) is 12.1. The van der Waals surface area contributed by atoms with E-state index < -0.39 is 6.04 Å². The van der Waals surface area contributed by atoms with E-state index in [-0.39, 0.29) is 11.9 Å². The Kier molecular flexibility index (Phi) is 4.63. The van der Waals surface area contributed by atoms with Gasteiger partial charge in [0.05, 0.1) is 18.7 Å². The first-order valence-corrected chi connectivity index (χ1v) is 8.01. The molecule has 0 radical (unpaired) electrons. The van der Waals surface area contributed by atoms with Crippen LogP contribution in [0.5, 0.6) is 5.75 Å². The van der Waals surface area contributed by atoms with Crippen LogP contribution in [-0.2, 0) is 11.2 Å². The zero-order chi connectivity index (χ0) is 16.2. The Balaban J connectivity index is 1.96. The Morgan fingerprint density at radius 1 is 1.17 bits per heavy atom. The Labute approximate surface area is 136 Å². The maximum absolute atomic E-state index is 12.1. The third-order valence-corrected chi connectivity index (χ3v) is 4.10. The molecule has 3 rings (SSSR count). The Morgan fingerprint density at radius 2 is 1.96 bits per heavy atom. The van der Waals surface area contributed by atoms with E-state index in [2.05, 4.69) is 11.4 Å². The summed E-state index contributed by atoms with van der Waals surface area (Å²) >= 11 is 0. The fourth-order valence-corrected chi connectivity index (χ4v) is 2.84. The van der Waals surface area contributed by atoms with E-state index in [0.717, 1.165) is 36.3 Å². The molecule has 0 spiro atoms. The van der Waals surface area contributed by atoms with Crippen LogP contribution < -0.4 is 15.8 Å². The summed E-state index contributed by atoms with van der Waals surface area (Å²) in [5, 5.41) is 3.05. The summed E-state index contributed by atoms with van der Waals surface area (Å²) in [5.41, 5.74) is 9.01. The smallest absolute Gasteiger partial charge is 0.237 e. The van der Waals surface area contributed by atoms with Gasteiger partial charge in [-0.3, -0.25) is 4.79 Å². The number of hydrogen-bond acceptors (Lipinski definition) is 3. The monoisotopic (exact) mass is 310 g/mol. The first kappa shape index (κ1) is 15.6. The van der Waals surface area contributed by atoms with E-state index in [4.69, 9.17) is 10.5 Å². The normalized spacial score (nSPS) is 15.9. The SMILES string of the molecule is C[C@H](N)C(=O)NC(c1ccccc1)c1ccc2c(c1)CCCO2. The summed E-state index contributed by atoms with van der Waals surface area (Å²) in [7, 11) is 0. The molecule has 1 heterocycles. The number of nitrogens with one attached hydrogen (secondary N) is 1. The van der Waals surface area contributed by atoms with Crippen molar-refractivity contribution in [3.63, 3.8) is 0 Å². The third kappa shape index (κ3) is 3.54. The van der Waals surface area contributed by atoms with Gasteiger partial charge in [-0.1, -0.05) is 36.4 Å². The van der Waals surface area contributed by atoms with Gasteiger partial charge in [0.15, 0.2) is 0 Å². The molecule has 4 nitrogen and oxygen atoms in total. The zero-order valence-corrected chi connectivity index (χ0v) is 13.3. The molecule has 0 fully saturated rings. The average molecular weight is 310 g/mol. The second kappa shape index (κ2) is 6.84. The molecule has 4 heteroatoms. The number of carbonyl (C=O) groups excluding carboxylic acids is 1. The highest BCUT2D eigenvalue weighted by atomic mass is 16.5. The van der Waals surface area contributed by atoms with Crippen LogP contribution in [0.2, 0.25) is 0 Å². The van der Waals surface area contributed by atoms with Crippen LogP contribution >= 0.6 is 0 Å². The van der Waals surface area contributed by atoms with Crippen LogP contribution in [0.1, 0.15) is 36.1 Å². The van der Waals surface area contributed by atoms with E-state index >= 15 is 0 Å². The van der Waals surface area contributed by atoms with Crippen molar-refractivity contribution < 1.29 is 9.53 Å². The minimum atomic E-state index is -0.540. The molecule has 1 unspecified atom stereocenters. The van der Waals surface area contributed by atoms with E-state index in [1.807, 2.05) is 42.5 Å². The zero-order valence-electron chi connectivity index (χ0n) is 13.3.